The highest BCUT2D eigenvalue weighted by Gasteiger charge is 2.07. The lowest BCUT2D eigenvalue weighted by Crippen LogP contribution is -2.03. The Hall–Kier alpha value is -2.40. The zero-order valence-corrected chi connectivity index (χ0v) is 12.4. The Morgan fingerprint density at radius 3 is 2.48 bits per heavy atom. The van der Waals surface area contributed by atoms with Crippen LogP contribution in [-0.2, 0) is 0 Å². The molecule has 3 aromatic rings. The highest BCUT2D eigenvalue weighted by Crippen LogP contribution is 2.22. The Morgan fingerprint density at radius 1 is 1.05 bits per heavy atom. The quantitative estimate of drug-likeness (QED) is 0.739. The second kappa shape index (κ2) is 5.54. The highest BCUT2D eigenvalue weighted by molar-refractivity contribution is 6.30. The van der Waals surface area contributed by atoms with Gasteiger partial charge in [-0.25, -0.2) is 14.6 Å². The third-order valence-electron chi connectivity index (χ3n) is 2.89. The number of aryl methyl sites for hydroxylation is 2. The van der Waals surface area contributed by atoms with E-state index in [1.54, 1.807) is 35.0 Å². The van der Waals surface area contributed by atoms with Gasteiger partial charge in [-0.3, -0.25) is 0 Å². The van der Waals surface area contributed by atoms with Crippen molar-refractivity contribution in [3.05, 3.63) is 59.1 Å². The topological polar surface area (TPSA) is 52.8 Å². The molecular weight excluding hydrogens is 288 g/mol. The van der Waals surface area contributed by atoms with E-state index in [4.69, 9.17) is 16.3 Å². The Labute approximate surface area is 127 Å². The summed E-state index contributed by atoms with van der Waals surface area (Å²) in [6.45, 7) is 3.91. The lowest BCUT2D eigenvalue weighted by molar-refractivity contribution is 0.460. The summed E-state index contributed by atoms with van der Waals surface area (Å²) in [5.74, 6) is 1.78. The number of halogens is 1. The van der Waals surface area contributed by atoms with Crippen molar-refractivity contribution in [3.63, 3.8) is 0 Å². The fourth-order valence-corrected chi connectivity index (χ4v) is 2.11. The third kappa shape index (κ3) is 3.03. The predicted molar refractivity (Wildman–Crippen MR) is 80.2 cm³/mol. The maximum Gasteiger partial charge on any atom is 0.224 e. The summed E-state index contributed by atoms with van der Waals surface area (Å²) >= 11 is 5.85. The normalized spacial score (nSPS) is 10.6. The summed E-state index contributed by atoms with van der Waals surface area (Å²) in [4.78, 5) is 8.34. The van der Waals surface area contributed by atoms with Gasteiger partial charge in [0.25, 0.3) is 0 Å². The van der Waals surface area contributed by atoms with Crippen LogP contribution in [-0.4, -0.2) is 19.7 Å². The molecule has 0 N–H and O–H groups in total. The van der Waals surface area contributed by atoms with Crippen molar-refractivity contribution in [1.29, 1.82) is 0 Å². The summed E-state index contributed by atoms with van der Waals surface area (Å²) in [5, 5.41) is 5.05. The van der Waals surface area contributed by atoms with E-state index in [9.17, 15) is 0 Å². The second-order valence-corrected chi connectivity index (χ2v) is 5.05. The van der Waals surface area contributed by atoms with Crippen LogP contribution in [0.3, 0.4) is 0 Å². The number of benzene rings is 1. The van der Waals surface area contributed by atoms with Crippen LogP contribution in [0.25, 0.3) is 5.82 Å². The SMILES string of the molecule is Cc1cc(C)n(-c2cc(Oc3ccc(Cl)cc3)ncn2)n1. The van der Waals surface area contributed by atoms with Gasteiger partial charge < -0.3 is 4.74 Å². The molecule has 0 spiro atoms. The first-order valence-corrected chi connectivity index (χ1v) is 6.79. The molecule has 0 amide bonds. The van der Waals surface area contributed by atoms with E-state index in [0.717, 1.165) is 11.4 Å². The first kappa shape index (κ1) is 13.6. The van der Waals surface area contributed by atoms with Crippen LogP contribution in [0.1, 0.15) is 11.4 Å². The fraction of sp³-hybridized carbons (Fsp3) is 0.133. The molecule has 21 heavy (non-hydrogen) atoms. The van der Waals surface area contributed by atoms with Crippen molar-refractivity contribution in [2.24, 2.45) is 0 Å². The molecule has 0 unspecified atom stereocenters. The van der Waals surface area contributed by atoms with Gasteiger partial charge in [0.1, 0.15) is 12.1 Å². The summed E-state index contributed by atoms with van der Waals surface area (Å²) in [7, 11) is 0. The molecule has 5 nitrogen and oxygen atoms in total. The Morgan fingerprint density at radius 2 is 1.81 bits per heavy atom. The Balaban J connectivity index is 1.89. The van der Waals surface area contributed by atoms with Crippen LogP contribution in [0.5, 0.6) is 11.6 Å². The molecule has 106 valence electrons. The van der Waals surface area contributed by atoms with Gasteiger partial charge in [-0.05, 0) is 44.2 Å². The minimum absolute atomic E-state index is 0.454. The zero-order chi connectivity index (χ0) is 14.8. The molecule has 0 aliphatic carbocycles. The van der Waals surface area contributed by atoms with Crippen LogP contribution in [0, 0.1) is 13.8 Å². The minimum atomic E-state index is 0.454. The first-order chi connectivity index (χ1) is 10.1. The van der Waals surface area contributed by atoms with Crippen molar-refractivity contribution in [2.75, 3.05) is 0 Å². The van der Waals surface area contributed by atoms with Crippen molar-refractivity contribution in [1.82, 2.24) is 19.7 Å². The molecule has 0 fully saturated rings. The number of hydrogen-bond donors (Lipinski definition) is 0. The summed E-state index contributed by atoms with van der Waals surface area (Å²) in [6.07, 6.45) is 1.46. The van der Waals surface area contributed by atoms with Crippen LogP contribution in [0.15, 0.2) is 42.7 Å². The lowest BCUT2D eigenvalue weighted by Gasteiger charge is -2.07. The Bertz CT molecular complexity index is 768. The monoisotopic (exact) mass is 300 g/mol. The average molecular weight is 301 g/mol. The van der Waals surface area contributed by atoms with Gasteiger partial charge in [-0.2, -0.15) is 5.10 Å². The molecule has 0 bridgehead atoms. The minimum Gasteiger partial charge on any atom is -0.439 e. The lowest BCUT2D eigenvalue weighted by atomic mass is 10.3. The number of ether oxygens (including phenoxy) is 1. The van der Waals surface area contributed by atoms with E-state index >= 15 is 0 Å². The van der Waals surface area contributed by atoms with Gasteiger partial charge in [0.15, 0.2) is 5.82 Å². The van der Waals surface area contributed by atoms with E-state index in [1.165, 1.54) is 6.33 Å². The molecule has 0 saturated heterocycles. The number of rotatable bonds is 3. The largest absolute Gasteiger partial charge is 0.439 e. The van der Waals surface area contributed by atoms with Gasteiger partial charge >= 0.3 is 0 Å². The highest BCUT2D eigenvalue weighted by atomic mass is 35.5. The number of hydrogen-bond acceptors (Lipinski definition) is 4. The fourth-order valence-electron chi connectivity index (χ4n) is 1.99. The molecule has 0 atom stereocenters. The average Bonchev–Trinajstić information content (AvgIpc) is 2.81. The van der Waals surface area contributed by atoms with Gasteiger partial charge in [-0.1, -0.05) is 11.6 Å². The van der Waals surface area contributed by atoms with Crippen molar-refractivity contribution in [2.45, 2.75) is 13.8 Å². The third-order valence-corrected chi connectivity index (χ3v) is 3.14. The van der Waals surface area contributed by atoms with Crippen molar-refractivity contribution < 1.29 is 4.74 Å². The summed E-state index contributed by atoms with van der Waals surface area (Å²) in [5.41, 5.74) is 1.94. The van der Waals surface area contributed by atoms with Crippen LogP contribution in [0.4, 0.5) is 0 Å². The Kier molecular flexibility index (Phi) is 3.58. The molecule has 2 aromatic heterocycles. The van der Waals surface area contributed by atoms with Crippen LogP contribution >= 0.6 is 11.6 Å². The number of nitrogens with zero attached hydrogens (tertiary/aromatic N) is 4. The van der Waals surface area contributed by atoms with E-state index in [1.807, 2.05) is 19.9 Å². The molecule has 0 aliphatic rings. The van der Waals surface area contributed by atoms with Gasteiger partial charge in [0, 0.05) is 16.8 Å². The molecule has 0 radical (unpaired) electrons. The first-order valence-electron chi connectivity index (χ1n) is 6.41. The molecule has 0 saturated carbocycles. The van der Waals surface area contributed by atoms with Gasteiger partial charge in [0.2, 0.25) is 5.88 Å². The molecular formula is C15H13ClN4O. The van der Waals surface area contributed by atoms with Crippen molar-refractivity contribution in [3.8, 4) is 17.4 Å². The van der Waals surface area contributed by atoms with Gasteiger partial charge in [-0.15, -0.1) is 0 Å². The van der Waals surface area contributed by atoms with Crippen LogP contribution < -0.4 is 4.74 Å². The molecule has 6 heteroatoms. The van der Waals surface area contributed by atoms with E-state index in [0.29, 0.717) is 22.5 Å². The van der Waals surface area contributed by atoms with E-state index in [-0.39, 0.29) is 0 Å². The van der Waals surface area contributed by atoms with Crippen molar-refractivity contribution >= 4 is 11.6 Å². The van der Waals surface area contributed by atoms with E-state index in [2.05, 4.69) is 15.1 Å². The second-order valence-electron chi connectivity index (χ2n) is 4.61. The standard InChI is InChI=1S/C15H13ClN4O/c1-10-7-11(2)20(19-10)14-8-15(18-9-17-14)21-13-5-3-12(16)4-6-13/h3-9H,1-2H3. The van der Waals surface area contributed by atoms with E-state index < -0.39 is 0 Å². The van der Waals surface area contributed by atoms with Crippen LogP contribution in [0.2, 0.25) is 5.02 Å². The predicted octanol–water partition coefficient (Wildman–Crippen LogP) is 3.72. The molecule has 2 heterocycles. The smallest absolute Gasteiger partial charge is 0.224 e. The maximum atomic E-state index is 5.85. The number of aromatic nitrogens is 4. The maximum absolute atomic E-state index is 5.85. The summed E-state index contributed by atoms with van der Waals surface area (Å²) < 4.78 is 7.45. The summed E-state index contributed by atoms with van der Waals surface area (Å²) in [6, 6.07) is 10.8. The molecule has 1 aromatic carbocycles. The molecule has 3 rings (SSSR count). The molecule has 0 aliphatic heterocycles. The zero-order valence-electron chi connectivity index (χ0n) is 11.6. The van der Waals surface area contributed by atoms with Gasteiger partial charge in [0.05, 0.1) is 5.69 Å².